The van der Waals surface area contributed by atoms with Gasteiger partial charge in [0, 0.05) is 13.1 Å². The van der Waals surface area contributed by atoms with Crippen molar-refractivity contribution in [2.75, 3.05) is 13.1 Å². The van der Waals surface area contributed by atoms with Crippen molar-refractivity contribution in [1.29, 1.82) is 0 Å². The second kappa shape index (κ2) is 6.65. The maximum Gasteiger partial charge on any atom is 0.227 e. The molecular formula is C19H20N2O2. The first-order valence-corrected chi connectivity index (χ1v) is 7.85. The predicted octanol–water partition coefficient (Wildman–Crippen LogP) is 2.23. The van der Waals surface area contributed by atoms with E-state index < -0.39 is 0 Å². The number of carbonyl (C=O) groups excluding carboxylic acids is 2. The molecule has 4 heteroatoms. The van der Waals surface area contributed by atoms with Crippen LogP contribution in [0.25, 0.3) is 11.1 Å². The number of hydrogen-bond acceptors (Lipinski definition) is 2. The Bertz CT molecular complexity index is 695. The van der Waals surface area contributed by atoms with Gasteiger partial charge in [-0.3, -0.25) is 9.59 Å². The molecule has 0 spiro atoms. The van der Waals surface area contributed by atoms with E-state index in [-0.39, 0.29) is 17.7 Å². The van der Waals surface area contributed by atoms with Crippen molar-refractivity contribution in [3.63, 3.8) is 0 Å². The molecule has 2 aromatic rings. The maximum absolute atomic E-state index is 12.3. The second-order valence-corrected chi connectivity index (χ2v) is 5.97. The number of benzene rings is 2. The molecule has 2 aromatic carbocycles. The number of nitrogens with zero attached hydrogens (tertiary/aromatic N) is 1. The van der Waals surface area contributed by atoms with E-state index in [9.17, 15) is 9.59 Å². The Kier molecular flexibility index (Phi) is 4.42. The van der Waals surface area contributed by atoms with Crippen LogP contribution in [0.1, 0.15) is 12.0 Å². The standard InChI is InChI=1S/C19H20N2O2/c20-19(23)17-10-11-21(13-17)18(22)12-14-6-8-16(9-7-14)15-4-2-1-3-5-15/h1-9,17H,10-13H2,(H2,20,23)/t17-/m1/s1. The molecule has 1 aliphatic rings. The average Bonchev–Trinajstić information content (AvgIpc) is 3.07. The van der Waals surface area contributed by atoms with E-state index in [4.69, 9.17) is 5.73 Å². The number of rotatable bonds is 4. The zero-order valence-electron chi connectivity index (χ0n) is 12.9. The van der Waals surface area contributed by atoms with Crippen molar-refractivity contribution in [3.05, 3.63) is 60.2 Å². The van der Waals surface area contributed by atoms with Crippen molar-refractivity contribution in [3.8, 4) is 11.1 Å². The van der Waals surface area contributed by atoms with Gasteiger partial charge >= 0.3 is 0 Å². The third kappa shape index (κ3) is 3.59. The summed E-state index contributed by atoms with van der Waals surface area (Å²) in [6.07, 6.45) is 1.04. The fourth-order valence-electron chi connectivity index (χ4n) is 2.95. The highest BCUT2D eigenvalue weighted by Gasteiger charge is 2.29. The van der Waals surface area contributed by atoms with E-state index in [2.05, 4.69) is 12.1 Å². The van der Waals surface area contributed by atoms with Crippen LogP contribution in [0.15, 0.2) is 54.6 Å². The van der Waals surface area contributed by atoms with Crippen molar-refractivity contribution < 1.29 is 9.59 Å². The fraction of sp³-hybridized carbons (Fsp3) is 0.263. The first-order chi connectivity index (χ1) is 11.1. The lowest BCUT2D eigenvalue weighted by molar-refractivity contribution is -0.129. The van der Waals surface area contributed by atoms with Gasteiger partial charge in [0.05, 0.1) is 12.3 Å². The smallest absolute Gasteiger partial charge is 0.227 e. The first-order valence-electron chi connectivity index (χ1n) is 7.85. The maximum atomic E-state index is 12.3. The zero-order valence-corrected chi connectivity index (χ0v) is 12.9. The van der Waals surface area contributed by atoms with Crippen LogP contribution in [0.2, 0.25) is 0 Å². The van der Waals surface area contributed by atoms with Gasteiger partial charge in [0.1, 0.15) is 0 Å². The van der Waals surface area contributed by atoms with Crippen LogP contribution in [0, 0.1) is 5.92 Å². The van der Waals surface area contributed by atoms with Gasteiger partial charge in [-0.05, 0) is 23.1 Å². The Morgan fingerprint density at radius 3 is 2.26 bits per heavy atom. The molecule has 0 bridgehead atoms. The minimum Gasteiger partial charge on any atom is -0.369 e. The molecule has 0 aromatic heterocycles. The van der Waals surface area contributed by atoms with Gasteiger partial charge in [-0.2, -0.15) is 0 Å². The zero-order chi connectivity index (χ0) is 16.2. The largest absolute Gasteiger partial charge is 0.369 e. The minimum atomic E-state index is -0.312. The Morgan fingerprint density at radius 1 is 1.00 bits per heavy atom. The Hall–Kier alpha value is -2.62. The van der Waals surface area contributed by atoms with Crippen molar-refractivity contribution in [2.45, 2.75) is 12.8 Å². The van der Waals surface area contributed by atoms with Gasteiger partial charge < -0.3 is 10.6 Å². The molecule has 1 aliphatic heterocycles. The summed E-state index contributed by atoms with van der Waals surface area (Å²) in [5.41, 5.74) is 8.59. The molecule has 0 unspecified atom stereocenters. The van der Waals surface area contributed by atoms with Crippen LogP contribution >= 0.6 is 0 Å². The fourth-order valence-corrected chi connectivity index (χ4v) is 2.95. The molecule has 23 heavy (non-hydrogen) atoms. The Labute approximate surface area is 135 Å². The number of nitrogens with two attached hydrogens (primary N) is 1. The summed E-state index contributed by atoms with van der Waals surface area (Å²) in [7, 11) is 0. The number of amides is 2. The van der Waals surface area contributed by atoms with Gasteiger partial charge in [0.2, 0.25) is 11.8 Å². The molecule has 1 fully saturated rings. The highest BCUT2D eigenvalue weighted by atomic mass is 16.2. The lowest BCUT2D eigenvalue weighted by atomic mass is 10.0. The van der Waals surface area contributed by atoms with Crippen molar-refractivity contribution in [1.82, 2.24) is 4.90 Å². The van der Waals surface area contributed by atoms with Gasteiger partial charge in [0.25, 0.3) is 0 Å². The molecule has 4 nitrogen and oxygen atoms in total. The molecule has 0 radical (unpaired) electrons. The molecule has 1 atom stereocenters. The summed E-state index contributed by atoms with van der Waals surface area (Å²) in [6.45, 7) is 1.07. The van der Waals surface area contributed by atoms with Gasteiger partial charge in [-0.1, -0.05) is 54.6 Å². The third-order valence-corrected chi connectivity index (χ3v) is 4.36. The summed E-state index contributed by atoms with van der Waals surface area (Å²) in [4.78, 5) is 25.2. The minimum absolute atomic E-state index is 0.0567. The first kappa shape index (κ1) is 15.3. The molecule has 0 aliphatic carbocycles. The molecule has 3 rings (SSSR count). The highest BCUT2D eigenvalue weighted by molar-refractivity contribution is 5.82. The summed E-state index contributed by atoms with van der Waals surface area (Å²) >= 11 is 0. The Morgan fingerprint density at radius 2 is 1.65 bits per heavy atom. The number of carbonyl (C=O) groups is 2. The van der Waals surface area contributed by atoms with Crippen LogP contribution in [-0.4, -0.2) is 29.8 Å². The summed E-state index contributed by atoms with van der Waals surface area (Å²) in [5.74, 6) is -0.451. The van der Waals surface area contributed by atoms with Gasteiger partial charge in [0.15, 0.2) is 0 Å². The highest BCUT2D eigenvalue weighted by Crippen LogP contribution is 2.21. The number of hydrogen-bond donors (Lipinski definition) is 1. The lowest BCUT2D eigenvalue weighted by Gasteiger charge is -2.16. The van der Waals surface area contributed by atoms with Crippen LogP contribution in [-0.2, 0) is 16.0 Å². The van der Waals surface area contributed by atoms with E-state index in [1.807, 2.05) is 42.5 Å². The third-order valence-electron chi connectivity index (χ3n) is 4.36. The van der Waals surface area contributed by atoms with E-state index in [0.717, 1.165) is 16.7 Å². The summed E-state index contributed by atoms with van der Waals surface area (Å²) in [6, 6.07) is 18.2. The van der Waals surface area contributed by atoms with Crippen LogP contribution in [0.4, 0.5) is 0 Å². The number of likely N-dealkylation sites (tertiary alicyclic amines) is 1. The molecule has 1 saturated heterocycles. The number of primary amides is 1. The van der Waals surface area contributed by atoms with Crippen LogP contribution in [0.3, 0.4) is 0 Å². The SMILES string of the molecule is NC(=O)[C@@H]1CCN(C(=O)Cc2ccc(-c3ccccc3)cc2)C1. The van der Waals surface area contributed by atoms with Gasteiger partial charge in [-0.15, -0.1) is 0 Å². The van der Waals surface area contributed by atoms with E-state index in [0.29, 0.717) is 25.9 Å². The predicted molar refractivity (Wildman–Crippen MR) is 89.5 cm³/mol. The molecule has 118 valence electrons. The van der Waals surface area contributed by atoms with Gasteiger partial charge in [-0.25, -0.2) is 0 Å². The lowest BCUT2D eigenvalue weighted by Crippen LogP contribution is -2.32. The van der Waals surface area contributed by atoms with Crippen LogP contribution < -0.4 is 5.73 Å². The van der Waals surface area contributed by atoms with Crippen molar-refractivity contribution in [2.24, 2.45) is 11.7 Å². The summed E-state index contributed by atoms with van der Waals surface area (Å²) in [5, 5.41) is 0. The second-order valence-electron chi connectivity index (χ2n) is 5.97. The molecular weight excluding hydrogens is 288 g/mol. The monoisotopic (exact) mass is 308 g/mol. The average molecular weight is 308 g/mol. The normalized spacial score (nSPS) is 17.2. The molecule has 0 saturated carbocycles. The van der Waals surface area contributed by atoms with E-state index in [1.165, 1.54) is 0 Å². The molecule has 1 heterocycles. The molecule has 2 amide bonds. The van der Waals surface area contributed by atoms with Crippen LogP contribution in [0.5, 0.6) is 0 Å². The Balaban J connectivity index is 1.62. The van der Waals surface area contributed by atoms with E-state index in [1.54, 1.807) is 4.90 Å². The summed E-state index contributed by atoms with van der Waals surface area (Å²) < 4.78 is 0. The van der Waals surface area contributed by atoms with Crippen molar-refractivity contribution >= 4 is 11.8 Å². The quantitative estimate of drug-likeness (QED) is 0.941. The topological polar surface area (TPSA) is 63.4 Å². The van der Waals surface area contributed by atoms with E-state index >= 15 is 0 Å². The molecule has 2 N–H and O–H groups in total.